The van der Waals surface area contributed by atoms with Gasteiger partial charge in [0.2, 0.25) is 0 Å². The van der Waals surface area contributed by atoms with Crippen molar-refractivity contribution >= 4 is 21.6 Å². The quantitative estimate of drug-likeness (QED) is 0.906. The number of anilines is 1. The monoisotopic (exact) mass is 310 g/mol. The van der Waals surface area contributed by atoms with Gasteiger partial charge >= 0.3 is 0 Å². The van der Waals surface area contributed by atoms with Crippen molar-refractivity contribution in [3.05, 3.63) is 28.2 Å². The Kier molecular flexibility index (Phi) is 4.68. The van der Waals surface area contributed by atoms with Crippen LogP contribution in [0.2, 0.25) is 0 Å². The van der Waals surface area contributed by atoms with E-state index in [1.807, 2.05) is 0 Å². The number of nitrogens with zero attached hydrogens (tertiary/aromatic N) is 1. The van der Waals surface area contributed by atoms with Crippen LogP contribution in [0, 0.1) is 6.92 Å². The number of halogens is 1. The zero-order valence-corrected chi connectivity index (χ0v) is 13.1. The number of piperidine rings is 1. The molecule has 0 aliphatic carbocycles. The van der Waals surface area contributed by atoms with Crippen molar-refractivity contribution < 1.29 is 0 Å². The second kappa shape index (κ2) is 6.07. The Morgan fingerprint density at radius 3 is 2.56 bits per heavy atom. The van der Waals surface area contributed by atoms with Crippen LogP contribution in [0.3, 0.4) is 0 Å². The number of likely N-dealkylation sites (tertiary alicyclic amines) is 1. The fourth-order valence-corrected chi connectivity index (χ4v) is 2.89. The molecular formula is C15H23BrN2. The summed E-state index contributed by atoms with van der Waals surface area (Å²) >= 11 is 3.62. The van der Waals surface area contributed by atoms with Gasteiger partial charge in [0.1, 0.15) is 0 Å². The molecule has 1 saturated heterocycles. The Labute approximate surface area is 119 Å². The minimum Gasteiger partial charge on any atom is -0.381 e. The number of nitrogens with one attached hydrogen (secondary N) is 1. The summed E-state index contributed by atoms with van der Waals surface area (Å²) in [4.78, 5) is 2.56. The van der Waals surface area contributed by atoms with Crippen LogP contribution in [-0.2, 0) is 0 Å². The molecule has 0 unspecified atom stereocenters. The molecule has 0 bridgehead atoms. The van der Waals surface area contributed by atoms with E-state index in [2.05, 4.69) is 65.1 Å². The molecule has 18 heavy (non-hydrogen) atoms. The van der Waals surface area contributed by atoms with E-state index < -0.39 is 0 Å². The molecule has 0 radical (unpaired) electrons. The molecular weight excluding hydrogens is 288 g/mol. The zero-order chi connectivity index (χ0) is 13.1. The van der Waals surface area contributed by atoms with Gasteiger partial charge in [0.05, 0.1) is 0 Å². The van der Waals surface area contributed by atoms with E-state index in [9.17, 15) is 0 Å². The molecule has 1 heterocycles. The Morgan fingerprint density at radius 1 is 1.28 bits per heavy atom. The molecule has 2 nitrogen and oxygen atoms in total. The third kappa shape index (κ3) is 3.48. The van der Waals surface area contributed by atoms with Gasteiger partial charge in [0.15, 0.2) is 0 Å². The number of rotatable bonds is 3. The molecule has 2 rings (SSSR count). The summed E-state index contributed by atoms with van der Waals surface area (Å²) in [6.45, 7) is 9.12. The maximum atomic E-state index is 3.68. The molecule has 1 aliphatic heterocycles. The lowest BCUT2D eigenvalue weighted by Gasteiger charge is -2.35. The van der Waals surface area contributed by atoms with Crippen LogP contribution < -0.4 is 5.32 Å². The third-order valence-corrected chi connectivity index (χ3v) is 4.43. The first-order valence-corrected chi connectivity index (χ1v) is 7.62. The average molecular weight is 311 g/mol. The van der Waals surface area contributed by atoms with Gasteiger partial charge in [-0.1, -0.05) is 6.07 Å². The molecule has 1 aromatic carbocycles. The van der Waals surface area contributed by atoms with Gasteiger partial charge < -0.3 is 10.2 Å². The number of hydrogen-bond donors (Lipinski definition) is 1. The molecule has 1 aromatic rings. The molecule has 100 valence electrons. The molecule has 1 N–H and O–H groups in total. The molecule has 0 atom stereocenters. The molecule has 0 spiro atoms. The number of benzene rings is 1. The maximum Gasteiger partial charge on any atom is 0.0489 e. The lowest BCUT2D eigenvalue weighted by atomic mass is 10.0. The molecule has 3 heteroatoms. The molecule has 0 amide bonds. The minimum atomic E-state index is 0.609. The predicted molar refractivity (Wildman–Crippen MR) is 82.2 cm³/mol. The van der Waals surface area contributed by atoms with Crippen molar-refractivity contribution in [3.8, 4) is 0 Å². The Bertz CT molecular complexity index is 395. The van der Waals surface area contributed by atoms with Gasteiger partial charge in [0, 0.05) is 35.3 Å². The standard InChI is InChI=1S/C15H23BrN2/c1-11(2)18-8-6-13(7-9-18)17-15-10-12(3)4-5-14(15)16/h4-5,10-11,13,17H,6-9H2,1-3H3. The van der Waals surface area contributed by atoms with Gasteiger partial charge in [-0.2, -0.15) is 0 Å². The van der Waals surface area contributed by atoms with E-state index >= 15 is 0 Å². The van der Waals surface area contributed by atoms with Crippen LogP contribution in [0.5, 0.6) is 0 Å². The maximum absolute atomic E-state index is 3.68. The second-order valence-electron chi connectivity index (χ2n) is 5.53. The summed E-state index contributed by atoms with van der Waals surface area (Å²) in [5.41, 5.74) is 2.54. The lowest BCUT2D eigenvalue weighted by Crippen LogP contribution is -2.42. The number of hydrogen-bond acceptors (Lipinski definition) is 2. The Morgan fingerprint density at radius 2 is 1.94 bits per heavy atom. The first kappa shape index (κ1) is 13.9. The van der Waals surface area contributed by atoms with E-state index in [4.69, 9.17) is 0 Å². The number of aryl methyl sites for hydroxylation is 1. The van der Waals surface area contributed by atoms with E-state index in [0.29, 0.717) is 12.1 Å². The summed E-state index contributed by atoms with van der Waals surface area (Å²) < 4.78 is 1.17. The smallest absolute Gasteiger partial charge is 0.0489 e. The highest BCUT2D eigenvalue weighted by Crippen LogP contribution is 2.26. The van der Waals surface area contributed by atoms with Gasteiger partial charge in [-0.3, -0.25) is 0 Å². The molecule has 0 saturated carbocycles. The van der Waals surface area contributed by atoms with Crippen molar-refractivity contribution in [2.75, 3.05) is 18.4 Å². The van der Waals surface area contributed by atoms with Gasteiger partial charge in [-0.15, -0.1) is 0 Å². The highest BCUT2D eigenvalue weighted by atomic mass is 79.9. The predicted octanol–water partition coefficient (Wildman–Crippen LogP) is 4.04. The lowest BCUT2D eigenvalue weighted by molar-refractivity contribution is 0.177. The third-order valence-electron chi connectivity index (χ3n) is 3.74. The van der Waals surface area contributed by atoms with E-state index in [0.717, 1.165) is 0 Å². The topological polar surface area (TPSA) is 15.3 Å². The SMILES string of the molecule is Cc1ccc(Br)c(NC2CCN(C(C)C)CC2)c1. The summed E-state index contributed by atoms with van der Waals surface area (Å²) in [7, 11) is 0. The summed E-state index contributed by atoms with van der Waals surface area (Å²) in [5.74, 6) is 0. The second-order valence-corrected chi connectivity index (χ2v) is 6.39. The largest absolute Gasteiger partial charge is 0.381 e. The normalized spacial score (nSPS) is 18.3. The highest BCUT2D eigenvalue weighted by Gasteiger charge is 2.20. The van der Waals surface area contributed by atoms with Crippen molar-refractivity contribution in [1.29, 1.82) is 0 Å². The first-order chi connectivity index (χ1) is 8.56. The van der Waals surface area contributed by atoms with Crippen molar-refractivity contribution in [2.45, 2.75) is 45.7 Å². The van der Waals surface area contributed by atoms with Crippen LogP contribution in [0.4, 0.5) is 5.69 Å². The molecule has 1 fully saturated rings. The fraction of sp³-hybridized carbons (Fsp3) is 0.600. The highest BCUT2D eigenvalue weighted by molar-refractivity contribution is 9.10. The van der Waals surface area contributed by atoms with E-state index in [-0.39, 0.29) is 0 Å². The van der Waals surface area contributed by atoms with Crippen molar-refractivity contribution in [3.63, 3.8) is 0 Å². The summed E-state index contributed by atoms with van der Waals surface area (Å²) in [6, 6.07) is 7.77. The van der Waals surface area contributed by atoms with Gasteiger partial charge in [0.25, 0.3) is 0 Å². The van der Waals surface area contributed by atoms with Crippen molar-refractivity contribution in [1.82, 2.24) is 4.90 Å². The first-order valence-electron chi connectivity index (χ1n) is 6.83. The van der Waals surface area contributed by atoms with Crippen LogP contribution in [-0.4, -0.2) is 30.1 Å². The Hall–Kier alpha value is -0.540. The average Bonchev–Trinajstić information content (AvgIpc) is 2.34. The summed E-state index contributed by atoms with van der Waals surface area (Å²) in [5, 5.41) is 3.68. The molecule has 0 aromatic heterocycles. The van der Waals surface area contributed by atoms with Gasteiger partial charge in [-0.25, -0.2) is 0 Å². The fourth-order valence-electron chi connectivity index (χ4n) is 2.53. The van der Waals surface area contributed by atoms with Crippen LogP contribution in [0.25, 0.3) is 0 Å². The van der Waals surface area contributed by atoms with Crippen molar-refractivity contribution in [2.24, 2.45) is 0 Å². The minimum absolute atomic E-state index is 0.609. The van der Waals surface area contributed by atoms with Crippen LogP contribution >= 0.6 is 15.9 Å². The summed E-state index contributed by atoms with van der Waals surface area (Å²) in [6.07, 6.45) is 2.47. The van der Waals surface area contributed by atoms with Crippen LogP contribution in [0.1, 0.15) is 32.3 Å². The molecule has 1 aliphatic rings. The van der Waals surface area contributed by atoms with E-state index in [1.54, 1.807) is 0 Å². The van der Waals surface area contributed by atoms with Crippen LogP contribution in [0.15, 0.2) is 22.7 Å². The zero-order valence-electron chi connectivity index (χ0n) is 11.5. The van der Waals surface area contributed by atoms with E-state index in [1.165, 1.54) is 41.7 Å². The Balaban J connectivity index is 1.93. The van der Waals surface area contributed by atoms with Gasteiger partial charge in [-0.05, 0) is 67.2 Å².